The quantitative estimate of drug-likeness (QED) is 0.812. The highest BCUT2D eigenvalue weighted by molar-refractivity contribution is 7.09. The summed E-state index contributed by atoms with van der Waals surface area (Å²) in [5, 5.41) is 7.42. The van der Waals surface area contributed by atoms with Crippen LogP contribution in [0.4, 0.5) is 0 Å². The van der Waals surface area contributed by atoms with Gasteiger partial charge in [-0.25, -0.2) is 4.98 Å². The van der Waals surface area contributed by atoms with Crippen LogP contribution in [0, 0.1) is 0 Å². The molecule has 1 aromatic carbocycles. The standard InChI is InChI=1S/C14H17ClN2S/c1-2-7-16-9-12-10-18-14(17-12)8-11-5-3-4-6-13(11)15/h3-6,10,16H,2,7-9H2,1H3. The summed E-state index contributed by atoms with van der Waals surface area (Å²) in [6.07, 6.45) is 1.97. The topological polar surface area (TPSA) is 24.9 Å². The first-order chi connectivity index (χ1) is 8.79. The minimum atomic E-state index is 0.818. The van der Waals surface area contributed by atoms with Gasteiger partial charge >= 0.3 is 0 Å². The van der Waals surface area contributed by atoms with Gasteiger partial charge in [0.25, 0.3) is 0 Å². The monoisotopic (exact) mass is 280 g/mol. The van der Waals surface area contributed by atoms with Gasteiger partial charge in [-0.2, -0.15) is 0 Å². The molecule has 0 aliphatic heterocycles. The van der Waals surface area contributed by atoms with E-state index in [1.165, 1.54) is 0 Å². The highest BCUT2D eigenvalue weighted by atomic mass is 35.5. The van der Waals surface area contributed by atoms with Crippen LogP contribution in [0.2, 0.25) is 5.02 Å². The molecule has 1 heterocycles. The third-order valence-corrected chi connectivity index (χ3v) is 3.90. The largest absolute Gasteiger partial charge is 0.311 e. The van der Waals surface area contributed by atoms with Crippen LogP contribution in [-0.2, 0) is 13.0 Å². The second kappa shape index (κ2) is 6.88. The predicted molar refractivity (Wildman–Crippen MR) is 78.4 cm³/mol. The van der Waals surface area contributed by atoms with E-state index in [1.807, 2.05) is 18.2 Å². The van der Waals surface area contributed by atoms with Crippen LogP contribution < -0.4 is 5.32 Å². The summed E-state index contributed by atoms with van der Waals surface area (Å²) in [5.74, 6) is 0. The number of nitrogens with one attached hydrogen (secondary N) is 1. The van der Waals surface area contributed by atoms with Crippen molar-refractivity contribution >= 4 is 22.9 Å². The Morgan fingerprint density at radius 1 is 1.33 bits per heavy atom. The van der Waals surface area contributed by atoms with Gasteiger partial charge in [-0.15, -0.1) is 11.3 Å². The number of rotatable bonds is 6. The molecule has 1 N–H and O–H groups in total. The molecule has 4 heteroatoms. The molecule has 18 heavy (non-hydrogen) atoms. The van der Waals surface area contributed by atoms with Gasteiger partial charge in [-0.3, -0.25) is 0 Å². The van der Waals surface area contributed by atoms with Crippen LogP contribution in [-0.4, -0.2) is 11.5 Å². The SMILES string of the molecule is CCCNCc1csc(Cc2ccccc2Cl)n1. The molecule has 0 aliphatic rings. The lowest BCUT2D eigenvalue weighted by atomic mass is 10.2. The van der Waals surface area contributed by atoms with Crippen molar-refractivity contribution in [1.29, 1.82) is 0 Å². The summed E-state index contributed by atoms with van der Waals surface area (Å²) >= 11 is 7.85. The van der Waals surface area contributed by atoms with Crippen molar-refractivity contribution < 1.29 is 0 Å². The highest BCUT2D eigenvalue weighted by Crippen LogP contribution is 2.20. The molecule has 0 amide bonds. The first-order valence-corrected chi connectivity index (χ1v) is 7.42. The molecule has 0 fully saturated rings. The Morgan fingerprint density at radius 3 is 2.94 bits per heavy atom. The van der Waals surface area contributed by atoms with Gasteiger partial charge in [0, 0.05) is 23.4 Å². The van der Waals surface area contributed by atoms with Gasteiger partial charge in [0.2, 0.25) is 0 Å². The highest BCUT2D eigenvalue weighted by Gasteiger charge is 2.05. The molecule has 0 unspecified atom stereocenters. The van der Waals surface area contributed by atoms with Crippen molar-refractivity contribution in [2.24, 2.45) is 0 Å². The first-order valence-electron chi connectivity index (χ1n) is 6.17. The van der Waals surface area contributed by atoms with Crippen LogP contribution >= 0.6 is 22.9 Å². The molecule has 1 aromatic heterocycles. The summed E-state index contributed by atoms with van der Waals surface area (Å²) in [4.78, 5) is 4.62. The zero-order valence-corrected chi connectivity index (χ0v) is 12.0. The van der Waals surface area contributed by atoms with Gasteiger partial charge in [0.15, 0.2) is 0 Å². The van der Waals surface area contributed by atoms with E-state index in [4.69, 9.17) is 11.6 Å². The van der Waals surface area contributed by atoms with Gasteiger partial charge in [0.05, 0.1) is 10.7 Å². The first kappa shape index (κ1) is 13.5. The number of hydrogen-bond donors (Lipinski definition) is 1. The minimum absolute atomic E-state index is 0.818. The van der Waals surface area contributed by atoms with Gasteiger partial charge in [-0.05, 0) is 24.6 Å². The average Bonchev–Trinajstić information content (AvgIpc) is 2.80. The van der Waals surface area contributed by atoms with E-state index in [0.29, 0.717) is 0 Å². The van der Waals surface area contributed by atoms with Crippen molar-refractivity contribution in [2.45, 2.75) is 26.3 Å². The van der Waals surface area contributed by atoms with Crippen LogP contribution in [0.5, 0.6) is 0 Å². The maximum absolute atomic E-state index is 6.15. The van der Waals surface area contributed by atoms with Crippen LogP contribution in [0.15, 0.2) is 29.6 Å². The van der Waals surface area contributed by atoms with Gasteiger partial charge in [-0.1, -0.05) is 36.7 Å². The maximum Gasteiger partial charge on any atom is 0.0973 e. The lowest BCUT2D eigenvalue weighted by Crippen LogP contribution is -2.13. The third kappa shape index (κ3) is 3.80. The average molecular weight is 281 g/mol. The Morgan fingerprint density at radius 2 is 2.17 bits per heavy atom. The van der Waals surface area contributed by atoms with E-state index in [-0.39, 0.29) is 0 Å². The second-order valence-electron chi connectivity index (χ2n) is 4.18. The molecule has 0 aliphatic carbocycles. The Labute approximate surface area is 117 Å². The van der Waals surface area contributed by atoms with Crippen LogP contribution in [0.3, 0.4) is 0 Å². The number of hydrogen-bond acceptors (Lipinski definition) is 3. The summed E-state index contributed by atoms with van der Waals surface area (Å²) in [7, 11) is 0. The Hall–Kier alpha value is -0.900. The van der Waals surface area contributed by atoms with E-state index >= 15 is 0 Å². The van der Waals surface area contributed by atoms with Crippen molar-refractivity contribution in [1.82, 2.24) is 10.3 Å². The van der Waals surface area contributed by atoms with Crippen molar-refractivity contribution in [3.05, 3.63) is 50.9 Å². The molecule has 2 aromatic rings. The lowest BCUT2D eigenvalue weighted by Gasteiger charge is -2.01. The van der Waals surface area contributed by atoms with E-state index < -0.39 is 0 Å². The number of nitrogens with zero attached hydrogens (tertiary/aromatic N) is 1. The molecule has 0 atom stereocenters. The summed E-state index contributed by atoms with van der Waals surface area (Å²) in [5.41, 5.74) is 2.26. The lowest BCUT2D eigenvalue weighted by molar-refractivity contribution is 0.665. The fraction of sp³-hybridized carbons (Fsp3) is 0.357. The molecule has 2 rings (SSSR count). The molecular formula is C14H17ClN2S. The second-order valence-corrected chi connectivity index (χ2v) is 5.53. The van der Waals surface area contributed by atoms with Crippen molar-refractivity contribution in [3.8, 4) is 0 Å². The van der Waals surface area contributed by atoms with Crippen LogP contribution in [0.25, 0.3) is 0 Å². The normalized spacial score (nSPS) is 10.8. The molecule has 0 saturated heterocycles. The number of thiazole rings is 1. The molecular weight excluding hydrogens is 264 g/mol. The molecule has 0 spiro atoms. The van der Waals surface area contributed by atoms with Crippen molar-refractivity contribution in [2.75, 3.05) is 6.54 Å². The maximum atomic E-state index is 6.15. The van der Waals surface area contributed by atoms with E-state index in [2.05, 4.69) is 28.7 Å². The Balaban J connectivity index is 1.96. The third-order valence-electron chi connectivity index (χ3n) is 2.63. The molecule has 2 nitrogen and oxygen atoms in total. The predicted octanol–water partition coefficient (Wildman–Crippen LogP) is 3.89. The van der Waals surface area contributed by atoms with E-state index in [9.17, 15) is 0 Å². The Kier molecular flexibility index (Phi) is 5.17. The van der Waals surface area contributed by atoms with Crippen molar-refractivity contribution in [3.63, 3.8) is 0 Å². The Bertz CT molecular complexity index is 496. The van der Waals surface area contributed by atoms with E-state index in [1.54, 1.807) is 11.3 Å². The fourth-order valence-electron chi connectivity index (χ4n) is 1.71. The fourth-order valence-corrected chi connectivity index (χ4v) is 2.73. The summed E-state index contributed by atoms with van der Waals surface area (Å²) < 4.78 is 0. The van der Waals surface area contributed by atoms with E-state index in [0.717, 1.165) is 47.2 Å². The number of aromatic nitrogens is 1. The summed E-state index contributed by atoms with van der Waals surface area (Å²) in [6.45, 7) is 4.06. The number of halogens is 1. The molecule has 0 radical (unpaired) electrons. The minimum Gasteiger partial charge on any atom is -0.311 e. The van der Waals surface area contributed by atoms with Gasteiger partial charge < -0.3 is 5.32 Å². The number of benzene rings is 1. The van der Waals surface area contributed by atoms with Gasteiger partial charge in [0.1, 0.15) is 0 Å². The zero-order chi connectivity index (χ0) is 12.8. The molecule has 0 saturated carbocycles. The smallest absolute Gasteiger partial charge is 0.0973 e. The molecule has 96 valence electrons. The zero-order valence-electron chi connectivity index (χ0n) is 10.4. The van der Waals surface area contributed by atoms with Crippen LogP contribution in [0.1, 0.15) is 29.6 Å². The molecule has 0 bridgehead atoms. The summed E-state index contributed by atoms with van der Waals surface area (Å²) in [6, 6.07) is 7.94.